The number of aryl methyl sites for hydroxylation is 1. The maximum Gasteiger partial charge on any atom is 0.256 e. The summed E-state index contributed by atoms with van der Waals surface area (Å²) in [6.07, 6.45) is 0. The molecule has 5 heteroatoms. The third-order valence-corrected chi connectivity index (χ3v) is 3.75. The average molecular weight is 390 g/mol. The van der Waals surface area contributed by atoms with Crippen LogP contribution in [0.1, 0.15) is 15.9 Å². The zero-order valence-corrected chi connectivity index (χ0v) is 12.9. The van der Waals surface area contributed by atoms with E-state index in [1.165, 1.54) is 18.2 Å². The topological polar surface area (TPSA) is 29.1 Å². The number of halogens is 3. The fourth-order valence-electron chi connectivity index (χ4n) is 1.62. The standard InChI is InChI=1S/C14H10ClFINO/c1-8-2-3-9(15)6-11(8)14(19)18-13-5-4-10(16)7-12(13)17/h2-7H,1H3,(H,18,19). The van der Waals surface area contributed by atoms with Gasteiger partial charge in [0.1, 0.15) is 5.82 Å². The van der Waals surface area contributed by atoms with Gasteiger partial charge >= 0.3 is 0 Å². The molecule has 2 rings (SSSR count). The van der Waals surface area contributed by atoms with E-state index >= 15 is 0 Å². The van der Waals surface area contributed by atoms with E-state index in [0.717, 1.165) is 5.56 Å². The van der Waals surface area contributed by atoms with Crippen LogP contribution in [0.5, 0.6) is 0 Å². The lowest BCUT2D eigenvalue weighted by Crippen LogP contribution is -2.14. The van der Waals surface area contributed by atoms with Crippen LogP contribution in [0.15, 0.2) is 36.4 Å². The Morgan fingerprint density at radius 2 is 2.00 bits per heavy atom. The van der Waals surface area contributed by atoms with E-state index in [2.05, 4.69) is 5.32 Å². The van der Waals surface area contributed by atoms with E-state index in [0.29, 0.717) is 19.8 Å². The molecule has 0 atom stereocenters. The second-order valence-electron chi connectivity index (χ2n) is 4.04. The van der Waals surface area contributed by atoms with Crippen molar-refractivity contribution < 1.29 is 9.18 Å². The van der Waals surface area contributed by atoms with Gasteiger partial charge in [0.25, 0.3) is 5.91 Å². The minimum atomic E-state index is -0.332. The Labute approximate surface area is 129 Å². The summed E-state index contributed by atoms with van der Waals surface area (Å²) in [5.74, 6) is -0.592. The molecule has 0 aromatic heterocycles. The molecule has 2 nitrogen and oxygen atoms in total. The fraction of sp³-hybridized carbons (Fsp3) is 0.0714. The predicted molar refractivity (Wildman–Crippen MR) is 83.3 cm³/mol. The van der Waals surface area contributed by atoms with Gasteiger partial charge in [0.2, 0.25) is 0 Å². The number of anilines is 1. The molecule has 0 aliphatic rings. The molecule has 2 aromatic rings. The van der Waals surface area contributed by atoms with Crippen LogP contribution in [0, 0.1) is 16.3 Å². The van der Waals surface area contributed by atoms with Crippen molar-refractivity contribution in [3.05, 3.63) is 61.9 Å². The van der Waals surface area contributed by atoms with Crippen LogP contribution in [-0.4, -0.2) is 5.91 Å². The lowest BCUT2D eigenvalue weighted by atomic mass is 10.1. The first-order valence-electron chi connectivity index (χ1n) is 5.50. The van der Waals surface area contributed by atoms with Crippen LogP contribution in [0.2, 0.25) is 5.02 Å². The zero-order chi connectivity index (χ0) is 14.0. The van der Waals surface area contributed by atoms with Crippen molar-refractivity contribution in [2.24, 2.45) is 0 Å². The zero-order valence-electron chi connectivity index (χ0n) is 10.0. The fourth-order valence-corrected chi connectivity index (χ4v) is 2.40. The highest BCUT2D eigenvalue weighted by atomic mass is 127. The van der Waals surface area contributed by atoms with Gasteiger partial charge in [-0.15, -0.1) is 0 Å². The molecule has 0 saturated carbocycles. The molecule has 0 radical (unpaired) electrons. The summed E-state index contributed by atoms with van der Waals surface area (Å²) < 4.78 is 13.6. The number of carbonyl (C=O) groups is 1. The second-order valence-corrected chi connectivity index (χ2v) is 5.64. The predicted octanol–water partition coefficient (Wildman–Crippen LogP) is 4.64. The van der Waals surface area contributed by atoms with Crippen molar-refractivity contribution in [1.29, 1.82) is 0 Å². The average Bonchev–Trinajstić information content (AvgIpc) is 2.35. The highest BCUT2D eigenvalue weighted by Gasteiger charge is 2.11. The highest BCUT2D eigenvalue weighted by Crippen LogP contribution is 2.21. The molecule has 19 heavy (non-hydrogen) atoms. The molecule has 0 fully saturated rings. The van der Waals surface area contributed by atoms with Gasteiger partial charge < -0.3 is 5.32 Å². The van der Waals surface area contributed by atoms with Crippen molar-refractivity contribution in [1.82, 2.24) is 0 Å². The van der Waals surface area contributed by atoms with Crippen molar-refractivity contribution in [3.63, 3.8) is 0 Å². The number of carbonyl (C=O) groups excluding carboxylic acids is 1. The van der Waals surface area contributed by atoms with Crippen molar-refractivity contribution >= 4 is 45.8 Å². The molecule has 1 amide bonds. The van der Waals surface area contributed by atoms with Gasteiger partial charge in [-0.25, -0.2) is 4.39 Å². The Balaban J connectivity index is 2.28. The molecule has 2 aromatic carbocycles. The number of hydrogen-bond acceptors (Lipinski definition) is 1. The first-order valence-corrected chi connectivity index (χ1v) is 6.95. The van der Waals surface area contributed by atoms with E-state index in [-0.39, 0.29) is 11.7 Å². The third kappa shape index (κ3) is 3.45. The van der Waals surface area contributed by atoms with Gasteiger partial charge in [0, 0.05) is 14.2 Å². The first kappa shape index (κ1) is 14.3. The Hall–Kier alpha value is -1.14. The lowest BCUT2D eigenvalue weighted by Gasteiger charge is -2.09. The summed E-state index contributed by atoms with van der Waals surface area (Å²) in [5, 5.41) is 3.25. The summed E-state index contributed by atoms with van der Waals surface area (Å²) in [5.41, 5.74) is 1.91. The van der Waals surface area contributed by atoms with Gasteiger partial charge in [-0.3, -0.25) is 4.79 Å². The minimum absolute atomic E-state index is 0.260. The van der Waals surface area contributed by atoms with E-state index in [9.17, 15) is 9.18 Å². The van der Waals surface area contributed by atoms with Gasteiger partial charge in [-0.05, 0) is 65.4 Å². The largest absolute Gasteiger partial charge is 0.321 e. The Bertz CT molecular complexity index is 645. The molecular formula is C14H10ClFINO. The molecule has 0 unspecified atom stereocenters. The highest BCUT2D eigenvalue weighted by molar-refractivity contribution is 14.1. The molecular weight excluding hydrogens is 380 g/mol. The van der Waals surface area contributed by atoms with Gasteiger partial charge in [0.05, 0.1) is 5.69 Å². The monoisotopic (exact) mass is 389 g/mol. The van der Waals surface area contributed by atoms with Crippen LogP contribution in [-0.2, 0) is 0 Å². The summed E-state index contributed by atoms with van der Waals surface area (Å²) in [4.78, 5) is 12.2. The maximum absolute atomic E-state index is 13.0. The lowest BCUT2D eigenvalue weighted by molar-refractivity contribution is 0.102. The molecule has 0 aliphatic heterocycles. The van der Waals surface area contributed by atoms with Crippen molar-refractivity contribution in [2.45, 2.75) is 6.92 Å². The minimum Gasteiger partial charge on any atom is -0.321 e. The Morgan fingerprint density at radius 1 is 1.26 bits per heavy atom. The molecule has 0 aliphatic carbocycles. The van der Waals surface area contributed by atoms with Crippen molar-refractivity contribution in [3.8, 4) is 0 Å². The van der Waals surface area contributed by atoms with Crippen LogP contribution >= 0.6 is 34.2 Å². The normalized spacial score (nSPS) is 10.3. The summed E-state index contributed by atoms with van der Waals surface area (Å²) in [6, 6.07) is 9.34. The smallest absolute Gasteiger partial charge is 0.256 e. The first-order chi connectivity index (χ1) is 8.97. The van der Waals surface area contributed by atoms with Gasteiger partial charge in [-0.2, -0.15) is 0 Å². The molecule has 0 spiro atoms. The van der Waals surface area contributed by atoms with Crippen LogP contribution in [0.25, 0.3) is 0 Å². The summed E-state index contributed by atoms with van der Waals surface area (Å²) in [7, 11) is 0. The number of nitrogens with one attached hydrogen (secondary N) is 1. The quantitative estimate of drug-likeness (QED) is 0.745. The van der Waals surface area contributed by atoms with Crippen LogP contribution < -0.4 is 5.32 Å². The molecule has 98 valence electrons. The molecule has 0 bridgehead atoms. The van der Waals surface area contributed by atoms with E-state index in [4.69, 9.17) is 11.6 Å². The molecule has 0 heterocycles. The van der Waals surface area contributed by atoms with Crippen LogP contribution in [0.3, 0.4) is 0 Å². The number of amides is 1. The number of hydrogen-bond donors (Lipinski definition) is 1. The van der Waals surface area contributed by atoms with Crippen LogP contribution in [0.4, 0.5) is 10.1 Å². The number of rotatable bonds is 2. The van der Waals surface area contributed by atoms with Crippen molar-refractivity contribution in [2.75, 3.05) is 5.32 Å². The SMILES string of the molecule is Cc1ccc(Cl)cc1C(=O)Nc1ccc(F)cc1I. The Morgan fingerprint density at radius 3 is 2.68 bits per heavy atom. The van der Waals surface area contributed by atoms with E-state index in [1.807, 2.05) is 29.5 Å². The van der Waals surface area contributed by atoms with E-state index in [1.54, 1.807) is 18.2 Å². The molecule has 0 saturated heterocycles. The van der Waals surface area contributed by atoms with Gasteiger partial charge in [0.15, 0.2) is 0 Å². The summed E-state index contributed by atoms with van der Waals surface area (Å²) >= 11 is 7.86. The second kappa shape index (κ2) is 5.88. The third-order valence-electron chi connectivity index (χ3n) is 2.62. The van der Waals surface area contributed by atoms with E-state index < -0.39 is 0 Å². The Kier molecular flexibility index (Phi) is 4.42. The number of benzene rings is 2. The van der Waals surface area contributed by atoms with Gasteiger partial charge in [-0.1, -0.05) is 17.7 Å². The summed E-state index contributed by atoms with van der Waals surface area (Å²) in [6.45, 7) is 1.83. The molecule has 1 N–H and O–H groups in total. The maximum atomic E-state index is 13.0.